The van der Waals surface area contributed by atoms with Gasteiger partial charge in [-0.2, -0.15) is 0 Å². The maximum Gasteiger partial charge on any atom is 0.314 e. The van der Waals surface area contributed by atoms with Gasteiger partial charge in [-0.05, 0) is 25.5 Å². The summed E-state index contributed by atoms with van der Waals surface area (Å²) in [5.41, 5.74) is 0. The molecule has 0 aromatic carbocycles. The molecule has 0 fully saturated rings. The Labute approximate surface area is 75.8 Å². The van der Waals surface area contributed by atoms with E-state index >= 15 is 0 Å². The first kappa shape index (κ1) is 9.80. The zero-order valence-corrected chi connectivity index (χ0v) is 7.36. The zero-order chi connectivity index (χ0) is 9.84. The minimum atomic E-state index is -0.969. The molecule has 0 saturated heterocycles. The molecule has 0 amide bonds. The molecule has 1 aromatic heterocycles. The van der Waals surface area contributed by atoms with Crippen LogP contribution in [0.3, 0.4) is 0 Å². The average Bonchev–Trinajstić information content (AvgIpc) is 2.46. The van der Waals surface area contributed by atoms with Gasteiger partial charge in [0.15, 0.2) is 0 Å². The van der Waals surface area contributed by atoms with Crippen LogP contribution in [-0.2, 0) is 4.79 Å². The molecule has 2 N–H and O–H groups in total. The number of aliphatic hydroxyl groups excluding tert-OH is 1. The van der Waals surface area contributed by atoms with Gasteiger partial charge in [-0.1, -0.05) is 0 Å². The fourth-order valence-corrected chi connectivity index (χ4v) is 1.16. The molecule has 13 heavy (non-hydrogen) atoms. The van der Waals surface area contributed by atoms with Gasteiger partial charge in [0, 0.05) is 6.61 Å². The molecule has 1 heterocycles. The van der Waals surface area contributed by atoms with E-state index in [1.54, 1.807) is 19.1 Å². The smallest absolute Gasteiger partial charge is 0.314 e. The lowest BCUT2D eigenvalue weighted by atomic mass is 10.0. The van der Waals surface area contributed by atoms with E-state index in [2.05, 4.69) is 0 Å². The molecule has 1 aromatic rings. The Bertz CT molecular complexity index is 290. The van der Waals surface area contributed by atoms with Crippen molar-refractivity contribution in [2.45, 2.75) is 19.3 Å². The number of furan rings is 1. The van der Waals surface area contributed by atoms with Gasteiger partial charge in [0.1, 0.15) is 17.4 Å². The summed E-state index contributed by atoms with van der Waals surface area (Å²) >= 11 is 0. The van der Waals surface area contributed by atoms with Crippen molar-refractivity contribution < 1.29 is 19.4 Å². The van der Waals surface area contributed by atoms with Gasteiger partial charge in [-0.25, -0.2) is 0 Å². The van der Waals surface area contributed by atoms with E-state index in [0.29, 0.717) is 11.5 Å². The highest BCUT2D eigenvalue weighted by Gasteiger charge is 2.22. The second kappa shape index (κ2) is 4.09. The number of carboxylic acids is 1. The van der Waals surface area contributed by atoms with E-state index in [0.717, 1.165) is 0 Å². The van der Waals surface area contributed by atoms with Crippen LogP contribution in [0.25, 0.3) is 0 Å². The molecule has 0 bridgehead atoms. The fourth-order valence-electron chi connectivity index (χ4n) is 1.16. The van der Waals surface area contributed by atoms with Crippen LogP contribution in [0.2, 0.25) is 0 Å². The number of hydrogen-bond acceptors (Lipinski definition) is 3. The first-order valence-corrected chi connectivity index (χ1v) is 4.05. The van der Waals surface area contributed by atoms with Gasteiger partial charge in [0.2, 0.25) is 0 Å². The Hall–Kier alpha value is -1.29. The highest BCUT2D eigenvalue weighted by Crippen LogP contribution is 2.21. The van der Waals surface area contributed by atoms with Crippen molar-refractivity contribution in [1.82, 2.24) is 0 Å². The van der Waals surface area contributed by atoms with E-state index in [1.165, 1.54) is 0 Å². The molecule has 72 valence electrons. The Morgan fingerprint density at radius 1 is 1.62 bits per heavy atom. The summed E-state index contributed by atoms with van der Waals surface area (Å²) in [6, 6.07) is 3.34. The summed E-state index contributed by atoms with van der Waals surface area (Å²) in [4.78, 5) is 10.7. The molecule has 4 heteroatoms. The molecular formula is C9H12O4. The normalized spacial score (nSPS) is 12.8. The van der Waals surface area contributed by atoms with Crippen molar-refractivity contribution in [3.8, 4) is 0 Å². The second-order valence-electron chi connectivity index (χ2n) is 2.85. The number of rotatable bonds is 4. The molecule has 0 radical (unpaired) electrons. The third kappa shape index (κ3) is 2.32. The summed E-state index contributed by atoms with van der Waals surface area (Å²) in [5.74, 6) is -0.625. The number of carbonyl (C=O) groups is 1. The van der Waals surface area contributed by atoms with Crippen molar-refractivity contribution in [3.63, 3.8) is 0 Å². The summed E-state index contributed by atoms with van der Waals surface area (Å²) in [6.45, 7) is 1.60. The predicted molar refractivity (Wildman–Crippen MR) is 45.5 cm³/mol. The monoisotopic (exact) mass is 184 g/mol. The highest BCUT2D eigenvalue weighted by molar-refractivity contribution is 5.75. The van der Waals surface area contributed by atoms with Crippen LogP contribution in [0.4, 0.5) is 0 Å². The van der Waals surface area contributed by atoms with Crippen LogP contribution in [0.1, 0.15) is 23.9 Å². The first-order valence-electron chi connectivity index (χ1n) is 4.05. The lowest BCUT2D eigenvalue weighted by molar-refractivity contribution is -0.139. The average molecular weight is 184 g/mol. The van der Waals surface area contributed by atoms with Gasteiger partial charge in [0.25, 0.3) is 0 Å². The predicted octanol–water partition coefficient (Wildman–Crippen LogP) is 1.14. The molecule has 1 rings (SSSR count). The highest BCUT2D eigenvalue weighted by atomic mass is 16.4. The molecular weight excluding hydrogens is 172 g/mol. The lowest BCUT2D eigenvalue weighted by Gasteiger charge is -2.06. The standard InChI is InChI=1S/C9H12O4/c1-6-2-3-8(13-6)7(4-5-10)9(11)12/h2-3,7,10H,4-5H2,1H3,(H,11,12). The summed E-state index contributed by atoms with van der Waals surface area (Å²) in [6.07, 6.45) is 0.183. The van der Waals surface area contributed by atoms with E-state index in [4.69, 9.17) is 14.6 Å². The number of aliphatic hydroxyl groups is 1. The Morgan fingerprint density at radius 2 is 2.31 bits per heavy atom. The van der Waals surface area contributed by atoms with Crippen LogP contribution < -0.4 is 0 Å². The van der Waals surface area contributed by atoms with Crippen LogP contribution in [0.5, 0.6) is 0 Å². The van der Waals surface area contributed by atoms with E-state index < -0.39 is 11.9 Å². The summed E-state index contributed by atoms with van der Waals surface area (Å²) in [5, 5.41) is 17.4. The quantitative estimate of drug-likeness (QED) is 0.736. The molecule has 1 unspecified atom stereocenters. The largest absolute Gasteiger partial charge is 0.481 e. The fraction of sp³-hybridized carbons (Fsp3) is 0.444. The van der Waals surface area contributed by atoms with Gasteiger partial charge in [-0.3, -0.25) is 4.79 Å². The van der Waals surface area contributed by atoms with Gasteiger partial charge < -0.3 is 14.6 Å². The van der Waals surface area contributed by atoms with Crippen LogP contribution >= 0.6 is 0 Å². The molecule has 0 aliphatic carbocycles. The number of hydrogen-bond donors (Lipinski definition) is 2. The van der Waals surface area contributed by atoms with Crippen LogP contribution in [0.15, 0.2) is 16.5 Å². The molecule has 0 spiro atoms. The van der Waals surface area contributed by atoms with Gasteiger partial charge >= 0.3 is 5.97 Å². The van der Waals surface area contributed by atoms with Crippen molar-refractivity contribution in [1.29, 1.82) is 0 Å². The van der Waals surface area contributed by atoms with E-state index in [9.17, 15) is 4.79 Å². The molecule has 0 aliphatic rings. The molecule has 4 nitrogen and oxygen atoms in total. The lowest BCUT2D eigenvalue weighted by Crippen LogP contribution is -2.12. The molecule has 0 saturated carbocycles. The van der Waals surface area contributed by atoms with E-state index in [-0.39, 0.29) is 13.0 Å². The maximum absolute atomic E-state index is 10.7. The Kier molecular flexibility index (Phi) is 3.08. The summed E-state index contributed by atoms with van der Waals surface area (Å²) in [7, 11) is 0. The number of aliphatic carboxylic acids is 1. The first-order chi connectivity index (χ1) is 6.15. The van der Waals surface area contributed by atoms with Crippen molar-refractivity contribution in [2.75, 3.05) is 6.61 Å². The third-order valence-corrected chi connectivity index (χ3v) is 1.82. The Morgan fingerprint density at radius 3 is 2.69 bits per heavy atom. The topological polar surface area (TPSA) is 70.7 Å². The second-order valence-corrected chi connectivity index (χ2v) is 2.85. The maximum atomic E-state index is 10.7. The van der Waals surface area contributed by atoms with Gasteiger partial charge in [0.05, 0.1) is 0 Å². The van der Waals surface area contributed by atoms with E-state index in [1.807, 2.05) is 0 Å². The third-order valence-electron chi connectivity index (χ3n) is 1.82. The van der Waals surface area contributed by atoms with Crippen LogP contribution in [0, 0.1) is 6.92 Å². The molecule has 1 atom stereocenters. The number of carboxylic acid groups (broad SMARTS) is 1. The van der Waals surface area contributed by atoms with Crippen molar-refractivity contribution >= 4 is 5.97 Å². The summed E-state index contributed by atoms with van der Waals surface area (Å²) < 4.78 is 5.17. The minimum absolute atomic E-state index is 0.156. The van der Waals surface area contributed by atoms with Crippen LogP contribution in [-0.4, -0.2) is 22.8 Å². The minimum Gasteiger partial charge on any atom is -0.481 e. The Balaban J connectivity index is 2.81. The number of aryl methyl sites for hydroxylation is 1. The van der Waals surface area contributed by atoms with Crippen molar-refractivity contribution in [3.05, 3.63) is 23.7 Å². The molecule has 0 aliphatic heterocycles. The van der Waals surface area contributed by atoms with Crippen molar-refractivity contribution in [2.24, 2.45) is 0 Å². The zero-order valence-electron chi connectivity index (χ0n) is 7.36. The SMILES string of the molecule is Cc1ccc(C(CCO)C(=O)O)o1. The van der Waals surface area contributed by atoms with Gasteiger partial charge in [-0.15, -0.1) is 0 Å².